The van der Waals surface area contributed by atoms with E-state index in [2.05, 4.69) is 0 Å². The van der Waals surface area contributed by atoms with Crippen LogP contribution in [0, 0.1) is 10.1 Å². The van der Waals surface area contributed by atoms with Crippen LogP contribution in [0.2, 0.25) is 0 Å². The Morgan fingerprint density at radius 1 is 1.33 bits per heavy atom. The minimum absolute atomic E-state index is 0.00850. The molecule has 1 aromatic carbocycles. The average molecular weight is 255 g/mol. The minimum atomic E-state index is -0.702. The molecule has 1 rings (SSSR count). The molecule has 0 radical (unpaired) electrons. The van der Waals surface area contributed by atoms with E-state index in [9.17, 15) is 15.2 Å². The second-order valence-corrected chi connectivity index (χ2v) is 3.79. The molecule has 0 saturated heterocycles. The fraction of sp³-hybridized carbons (Fsp3) is 0.500. The van der Waals surface area contributed by atoms with E-state index in [1.807, 2.05) is 6.92 Å². The SMILES string of the molecule is CCCOCC(O)COc1ccc([N+](=O)[O-])cc1. The number of nitro groups is 1. The highest BCUT2D eigenvalue weighted by Crippen LogP contribution is 2.17. The molecule has 0 aromatic heterocycles. The summed E-state index contributed by atoms with van der Waals surface area (Å²) < 4.78 is 10.4. The number of non-ortho nitro benzene ring substituents is 1. The van der Waals surface area contributed by atoms with Crippen LogP contribution in [0.1, 0.15) is 13.3 Å². The van der Waals surface area contributed by atoms with Crippen molar-refractivity contribution in [2.45, 2.75) is 19.4 Å². The first-order chi connectivity index (χ1) is 8.63. The van der Waals surface area contributed by atoms with E-state index in [1.54, 1.807) is 0 Å². The van der Waals surface area contributed by atoms with Crippen molar-refractivity contribution in [2.75, 3.05) is 19.8 Å². The molecule has 6 nitrogen and oxygen atoms in total. The van der Waals surface area contributed by atoms with Gasteiger partial charge in [-0.3, -0.25) is 10.1 Å². The zero-order valence-corrected chi connectivity index (χ0v) is 10.2. The smallest absolute Gasteiger partial charge is 0.269 e. The Morgan fingerprint density at radius 3 is 2.56 bits per heavy atom. The van der Waals surface area contributed by atoms with Crippen molar-refractivity contribution in [3.05, 3.63) is 34.4 Å². The van der Waals surface area contributed by atoms with Gasteiger partial charge in [0.05, 0.1) is 11.5 Å². The molecule has 18 heavy (non-hydrogen) atoms. The van der Waals surface area contributed by atoms with Gasteiger partial charge in [-0.2, -0.15) is 0 Å². The fourth-order valence-electron chi connectivity index (χ4n) is 1.27. The van der Waals surface area contributed by atoms with Crippen molar-refractivity contribution in [3.63, 3.8) is 0 Å². The summed E-state index contributed by atoms with van der Waals surface area (Å²) in [6.45, 7) is 2.91. The molecule has 0 fully saturated rings. The van der Waals surface area contributed by atoms with E-state index in [1.165, 1.54) is 24.3 Å². The zero-order chi connectivity index (χ0) is 13.4. The number of hydrogen-bond acceptors (Lipinski definition) is 5. The maximum absolute atomic E-state index is 10.4. The van der Waals surface area contributed by atoms with Gasteiger partial charge in [-0.15, -0.1) is 0 Å². The quantitative estimate of drug-likeness (QED) is 0.435. The Morgan fingerprint density at radius 2 is 2.00 bits per heavy atom. The van der Waals surface area contributed by atoms with Gasteiger partial charge in [-0.1, -0.05) is 6.92 Å². The van der Waals surface area contributed by atoms with Crippen molar-refractivity contribution in [2.24, 2.45) is 0 Å². The van der Waals surface area contributed by atoms with Crippen molar-refractivity contribution < 1.29 is 19.5 Å². The molecule has 6 heteroatoms. The zero-order valence-electron chi connectivity index (χ0n) is 10.2. The first-order valence-corrected chi connectivity index (χ1v) is 5.76. The molecule has 0 aliphatic carbocycles. The molecule has 100 valence electrons. The third kappa shape index (κ3) is 5.11. The summed E-state index contributed by atoms with van der Waals surface area (Å²) in [7, 11) is 0. The Bertz CT molecular complexity index is 365. The molecule has 0 saturated carbocycles. The summed E-state index contributed by atoms with van der Waals surface area (Å²) in [5.74, 6) is 0.482. The molecule has 1 aromatic rings. The number of nitrogens with zero attached hydrogens (tertiary/aromatic N) is 1. The fourth-order valence-corrected chi connectivity index (χ4v) is 1.27. The summed E-state index contributed by atoms with van der Waals surface area (Å²) >= 11 is 0. The van der Waals surface area contributed by atoms with Gasteiger partial charge in [-0.25, -0.2) is 0 Å². The van der Waals surface area contributed by atoms with Crippen LogP contribution in [0.4, 0.5) is 5.69 Å². The lowest BCUT2D eigenvalue weighted by Gasteiger charge is -2.12. The molecule has 0 aliphatic heterocycles. The second-order valence-electron chi connectivity index (χ2n) is 3.79. The highest BCUT2D eigenvalue weighted by Gasteiger charge is 2.07. The molecule has 0 aliphatic rings. The first kappa shape index (κ1) is 14.4. The average Bonchev–Trinajstić information content (AvgIpc) is 2.37. The van der Waals surface area contributed by atoms with Gasteiger partial charge in [0.1, 0.15) is 18.5 Å². The summed E-state index contributed by atoms with van der Waals surface area (Å²) in [4.78, 5) is 9.96. The van der Waals surface area contributed by atoms with Gasteiger partial charge in [0.25, 0.3) is 5.69 Å². The van der Waals surface area contributed by atoms with Crippen LogP contribution in [0.3, 0.4) is 0 Å². The van der Waals surface area contributed by atoms with Crippen LogP contribution in [-0.2, 0) is 4.74 Å². The highest BCUT2D eigenvalue weighted by atomic mass is 16.6. The predicted octanol–water partition coefficient (Wildman–Crippen LogP) is 1.76. The standard InChI is InChI=1S/C12H17NO5/c1-2-7-17-8-11(14)9-18-12-5-3-10(4-6-12)13(15)16/h3-6,11,14H,2,7-9H2,1H3. The van der Waals surface area contributed by atoms with Crippen LogP contribution < -0.4 is 4.74 Å². The van der Waals surface area contributed by atoms with Crippen LogP contribution in [0.25, 0.3) is 0 Å². The molecule has 0 heterocycles. The summed E-state index contributed by atoms with van der Waals surface area (Å²) in [5, 5.41) is 20.0. The summed E-state index contributed by atoms with van der Waals surface area (Å²) in [6, 6.07) is 5.71. The Balaban J connectivity index is 2.32. The largest absolute Gasteiger partial charge is 0.491 e. The molecule has 1 N–H and O–H groups in total. The molecular formula is C12H17NO5. The van der Waals surface area contributed by atoms with Gasteiger partial charge < -0.3 is 14.6 Å². The first-order valence-electron chi connectivity index (χ1n) is 5.76. The number of hydrogen-bond donors (Lipinski definition) is 1. The Hall–Kier alpha value is -1.66. The summed E-state index contributed by atoms with van der Waals surface area (Å²) in [6.07, 6.45) is 0.197. The lowest BCUT2D eigenvalue weighted by molar-refractivity contribution is -0.384. The third-order valence-corrected chi connectivity index (χ3v) is 2.15. The number of ether oxygens (including phenoxy) is 2. The van der Waals surface area contributed by atoms with Gasteiger partial charge in [0.15, 0.2) is 0 Å². The molecule has 1 atom stereocenters. The number of aliphatic hydroxyl groups is 1. The highest BCUT2D eigenvalue weighted by molar-refractivity contribution is 5.35. The molecule has 0 amide bonds. The van der Waals surface area contributed by atoms with Gasteiger partial charge in [0.2, 0.25) is 0 Å². The minimum Gasteiger partial charge on any atom is -0.491 e. The van der Waals surface area contributed by atoms with Crippen molar-refractivity contribution in [1.82, 2.24) is 0 Å². The van der Waals surface area contributed by atoms with E-state index in [0.717, 1.165) is 6.42 Å². The topological polar surface area (TPSA) is 81.8 Å². The van der Waals surface area contributed by atoms with Crippen molar-refractivity contribution in [3.8, 4) is 5.75 Å². The van der Waals surface area contributed by atoms with Crippen LogP contribution >= 0.6 is 0 Å². The maximum atomic E-state index is 10.4. The lowest BCUT2D eigenvalue weighted by atomic mass is 10.3. The molecule has 0 bridgehead atoms. The van der Waals surface area contributed by atoms with Crippen LogP contribution in [0.5, 0.6) is 5.75 Å². The Kier molecular flexibility index (Phi) is 6.10. The lowest BCUT2D eigenvalue weighted by Crippen LogP contribution is -2.23. The monoisotopic (exact) mass is 255 g/mol. The van der Waals surface area contributed by atoms with E-state index < -0.39 is 11.0 Å². The number of benzene rings is 1. The number of rotatable bonds is 8. The normalized spacial score (nSPS) is 12.1. The van der Waals surface area contributed by atoms with Crippen LogP contribution in [0.15, 0.2) is 24.3 Å². The van der Waals surface area contributed by atoms with Crippen molar-refractivity contribution in [1.29, 1.82) is 0 Å². The molecule has 1 unspecified atom stereocenters. The van der Waals surface area contributed by atoms with Gasteiger partial charge in [0, 0.05) is 18.7 Å². The Labute approximate surface area is 105 Å². The van der Waals surface area contributed by atoms with E-state index in [0.29, 0.717) is 12.4 Å². The molecule has 0 spiro atoms. The second kappa shape index (κ2) is 7.62. The molecular weight excluding hydrogens is 238 g/mol. The van der Waals surface area contributed by atoms with E-state index in [4.69, 9.17) is 9.47 Å². The number of aliphatic hydroxyl groups excluding tert-OH is 1. The third-order valence-electron chi connectivity index (χ3n) is 2.15. The van der Waals surface area contributed by atoms with Crippen molar-refractivity contribution >= 4 is 5.69 Å². The predicted molar refractivity (Wildman–Crippen MR) is 65.7 cm³/mol. The summed E-state index contributed by atoms with van der Waals surface area (Å²) in [5.41, 5.74) is 0.00850. The van der Waals surface area contributed by atoms with Gasteiger partial charge >= 0.3 is 0 Å². The van der Waals surface area contributed by atoms with E-state index >= 15 is 0 Å². The maximum Gasteiger partial charge on any atom is 0.269 e. The number of nitro benzene ring substituents is 1. The van der Waals surface area contributed by atoms with E-state index in [-0.39, 0.29) is 18.9 Å². The van der Waals surface area contributed by atoms with Crippen LogP contribution in [-0.4, -0.2) is 36.0 Å². The van der Waals surface area contributed by atoms with Gasteiger partial charge in [-0.05, 0) is 18.6 Å².